The second kappa shape index (κ2) is 12.2. The zero-order valence-electron chi connectivity index (χ0n) is 19.6. The molecule has 2 heteroatoms. The molecule has 1 N–H and O–H groups in total. The molecule has 2 nitrogen and oxygen atoms in total. The molecule has 2 aromatic carbocycles. The van der Waals surface area contributed by atoms with E-state index in [4.69, 9.17) is 0 Å². The second-order valence-electron chi connectivity index (χ2n) is 9.21. The highest BCUT2D eigenvalue weighted by Gasteiger charge is 2.16. The third-order valence-electron chi connectivity index (χ3n) is 6.62. The number of fused-ring (bicyclic) bond motifs is 1. The molecule has 0 amide bonds. The van der Waals surface area contributed by atoms with Gasteiger partial charge in [0.05, 0.1) is 0 Å². The van der Waals surface area contributed by atoms with Crippen molar-refractivity contribution in [2.45, 2.75) is 78.1 Å². The minimum atomic E-state index is 0.623. The summed E-state index contributed by atoms with van der Waals surface area (Å²) < 4.78 is 0. The van der Waals surface area contributed by atoms with Gasteiger partial charge in [0.1, 0.15) is 0 Å². The van der Waals surface area contributed by atoms with Crippen molar-refractivity contribution in [3.8, 4) is 0 Å². The molecule has 3 rings (SSSR count). The Balaban J connectivity index is 1.38. The van der Waals surface area contributed by atoms with Gasteiger partial charge in [0.2, 0.25) is 0 Å². The van der Waals surface area contributed by atoms with Gasteiger partial charge in [-0.1, -0.05) is 68.7 Å². The van der Waals surface area contributed by atoms with E-state index < -0.39 is 0 Å². The topological polar surface area (TPSA) is 15.3 Å². The summed E-state index contributed by atoms with van der Waals surface area (Å²) in [7, 11) is 0. The summed E-state index contributed by atoms with van der Waals surface area (Å²) in [4.78, 5) is 2.64. The van der Waals surface area contributed by atoms with Crippen LogP contribution < -0.4 is 10.2 Å². The largest absolute Gasteiger partial charge is 0.371 e. The Kier molecular flexibility index (Phi) is 9.27. The van der Waals surface area contributed by atoms with E-state index in [1.54, 1.807) is 5.56 Å². The lowest BCUT2D eigenvalue weighted by Crippen LogP contribution is -2.30. The standard InChI is InChI=1S/C28H42N2/c1-4-5-6-20-30-21-8-10-27-16-13-25(22-28(27)30)9-7-18-29-19-17-24(3)26-14-11-23(2)12-15-26/h11-16,22,24,29H,4-10,17-21H2,1-3H3. The summed E-state index contributed by atoms with van der Waals surface area (Å²) in [6.07, 6.45) is 10.1. The highest BCUT2D eigenvalue weighted by molar-refractivity contribution is 5.57. The van der Waals surface area contributed by atoms with Crippen molar-refractivity contribution in [1.29, 1.82) is 0 Å². The Morgan fingerprint density at radius 3 is 2.63 bits per heavy atom. The van der Waals surface area contributed by atoms with Crippen molar-refractivity contribution in [2.24, 2.45) is 0 Å². The van der Waals surface area contributed by atoms with Gasteiger partial charge in [-0.3, -0.25) is 0 Å². The van der Waals surface area contributed by atoms with Crippen LogP contribution in [-0.2, 0) is 12.8 Å². The van der Waals surface area contributed by atoms with E-state index in [9.17, 15) is 0 Å². The predicted octanol–water partition coefficient (Wildman–Crippen LogP) is 6.65. The molecule has 0 radical (unpaired) electrons. The SMILES string of the molecule is CCCCCN1CCCc2ccc(CCCNCCC(C)c3ccc(C)cc3)cc21. The van der Waals surface area contributed by atoms with Gasteiger partial charge < -0.3 is 10.2 Å². The molecular weight excluding hydrogens is 364 g/mol. The summed E-state index contributed by atoms with van der Waals surface area (Å²) >= 11 is 0. The molecule has 30 heavy (non-hydrogen) atoms. The number of unbranched alkanes of at least 4 members (excludes halogenated alkanes) is 2. The first-order valence-electron chi connectivity index (χ1n) is 12.3. The molecule has 1 unspecified atom stereocenters. The summed E-state index contributed by atoms with van der Waals surface area (Å²) in [6, 6.07) is 16.3. The maximum absolute atomic E-state index is 3.66. The van der Waals surface area contributed by atoms with E-state index in [2.05, 4.69) is 73.5 Å². The van der Waals surface area contributed by atoms with Gasteiger partial charge in [-0.25, -0.2) is 0 Å². The van der Waals surface area contributed by atoms with E-state index in [0.29, 0.717) is 5.92 Å². The molecule has 0 aliphatic carbocycles. The first kappa shape index (κ1) is 22.9. The van der Waals surface area contributed by atoms with Gasteiger partial charge in [0, 0.05) is 18.8 Å². The van der Waals surface area contributed by atoms with E-state index in [0.717, 1.165) is 13.1 Å². The van der Waals surface area contributed by atoms with Crippen LogP contribution >= 0.6 is 0 Å². The monoisotopic (exact) mass is 406 g/mol. The van der Waals surface area contributed by atoms with Gasteiger partial charge in [-0.05, 0) is 87.2 Å². The highest BCUT2D eigenvalue weighted by atomic mass is 15.1. The number of hydrogen-bond acceptors (Lipinski definition) is 2. The van der Waals surface area contributed by atoms with Crippen LogP contribution in [0.2, 0.25) is 0 Å². The summed E-state index contributed by atoms with van der Waals surface area (Å²) in [5.41, 5.74) is 7.39. The number of benzene rings is 2. The number of nitrogens with zero attached hydrogens (tertiary/aromatic N) is 1. The Morgan fingerprint density at radius 1 is 1.00 bits per heavy atom. The molecule has 0 saturated heterocycles. The zero-order chi connectivity index (χ0) is 21.2. The fraction of sp³-hybridized carbons (Fsp3) is 0.571. The fourth-order valence-electron chi connectivity index (χ4n) is 4.56. The van der Waals surface area contributed by atoms with Crippen molar-refractivity contribution < 1.29 is 0 Å². The average molecular weight is 407 g/mol. The van der Waals surface area contributed by atoms with E-state index in [-0.39, 0.29) is 0 Å². The lowest BCUT2D eigenvalue weighted by molar-refractivity contribution is 0.581. The van der Waals surface area contributed by atoms with Gasteiger partial charge in [0.25, 0.3) is 0 Å². The Morgan fingerprint density at radius 2 is 1.83 bits per heavy atom. The van der Waals surface area contributed by atoms with Gasteiger partial charge in [-0.15, -0.1) is 0 Å². The fourth-order valence-corrected chi connectivity index (χ4v) is 4.56. The molecule has 1 atom stereocenters. The molecule has 0 spiro atoms. The number of rotatable bonds is 12. The van der Waals surface area contributed by atoms with E-state index >= 15 is 0 Å². The van der Waals surface area contributed by atoms with Crippen LogP contribution in [0.15, 0.2) is 42.5 Å². The first-order chi connectivity index (χ1) is 14.7. The molecule has 1 aliphatic heterocycles. The van der Waals surface area contributed by atoms with Gasteiger partial charge in [-0.2, -0.15) is 0 Å². The highest BCUT2D eigenvalue weighted by Crippen LogP contribution is 2.29. The summed E-state index contributed by atoms with van der Waals surface area (Å²) in [5.74, 6) is 0.623. The van der Waals surface area contributed by atoms with Crippen molar-refractivity contribution in [1.82, 2.24) is 5.32 Å². The third-order valence-corrected chi connectivity index (χ3v) is 6.62. The lowest BCUT2D eigenvalue weighted by Gasteiger charge is -2.32. The molecule has 0 saturated carbocycles. The van der Waals surface area contributed by atoms with Gasteiger partial charge in [0.15, 0.2) is 0 Å². The van der Waals surface area contributed by atoms with Crippen LogP contribution in [0.5, 0.6) is 0 Å². The average Bonchev–Trinajstić information content (AvgIpc) is 2.77. The summed E-state index contributed by atoms with van der Waals surface area (Å²) in [6.45, 7) is 11.5. The number of anilines is 1. The Bertz CT molecular complexity index is 750. The van der Waals surface area contributed by atoms with Crippen LogP contribution in [0.3, 0.4) is 0 Å². The van der Waals surface area contributed by atoms with Crippen LogP contribution in [0.4, 0.5) is 5.69 Å². The van der Waals surface area contributed by atoms with Crippen molar-refractivity contribution >= 4 is 5.69 Å². The molecule has 0 aromatic heterocycles. The third kappa shape index (κ3) is 6.87. The summed E-state index contributed by atoms with van der Waals surface area (Å²) in [5, 5.41) is 3.66. The second-order valence-corrected chi connectivity index (χ2v) is 9.21. The molecule has 2 aromatic rings. The van der Waals surface area contributed by atoms with Crippen LogP contribution in [0.25, 0.3) is 0 Å². The van der Waals surface area contributed by atoms with Gasteiger partial charge >= 0.3 is 0 Å². The van der Waals surface area contributed by atoms with Crippen LogP contribution in [0, 0.1) is 6.92 Å². The molecule has 1 aliphatic rings. The van der Waals surface area contributed by atoms with Crippen molar-refractivity contribution in [3.05, 3.63) is 64.7 Å². The maximum Gasteiger partial charge on any atom is 0.0401 e. The smallest absolute Gasteiger partial charge is 0.0401 e. The molecule has 0 bridgehead atoms. The molecule has 1 heterocycles. The van der Waals surface area contributed by atoms with Crippen LogP contribution in [0.1, 0.15) is 80.5 Å². The number of aryl methyl sites for hydroxylation is 3. The predicted molar refractivity (Wildman–Crippen MR) is 132 cm³/mol. The minimum Gasteiger partial charge on any atom is -0.371 e. The van der Waals surface area contributed by atoms with E-state index in [1.165, 1.54) is 86.8 Å². The quantitative estimate of drug-likeness (QED) is 0.397. The number of nitrogens with one attached hydrogen (secondary N) is 1. The Hall–Kier alpha value is -1.80. The maximum atomic E-state index is 3.66. The number of hydrogen-bond donors (Lipinski definition) is 1. The molecule has 0 fully saturated rings. The molecular formula is C28H42N2. The van der Waals surface area contributed by atoms with Crippen molar-refractivity contribution in [2.75, 3.05) is 31.1 Å². The van der Waals surface area contributed by atoms with Crippen molar-refractivity contribution in [3.63, 3.8) is 0 Å². The van der Waals surface area contributed by atoms with Crippen LogP contribution in [-0.4, -0.2) is 26.2 Å². The minimum absolute atomic E-state index is 0.623. The lowest BCUT2D eigenvalue weighted by atomic mass is 9.97. The molecule has 164 valence electrons. The zero-order valence-corrected chi connectivity index (χ0v) is 19.6. The van der Waals surface area contributed by atoms with E-state index in [1.807, 2.05) is 0 Å². The Labute approximate surface area is 185 Å². The normalized spacial score (nSPS) is 14.6. The first-order valence-corrected chi connectivity index (χ1v) is 12.3.